The summed E-state index contributed by atoms with van der Waals surface area (Å²) in [6, 6.07) is 16.2. The maximum atomic E-state index is 13.3. The Morgan fingerprint density at radius 3 is 2.41 bits per heavy atom. The molecule has 34 heavy (non-hydrogen) atoms. The summed E-state index contributed by atoms with van der Waals surface area (Å²) in [5.41, 5.74) is -0.669. The van der Waals surface area contributed by atoms with Crippen LogP contribution in [-0.2, 0) is 9.84 Å². The average Bonchev–Trinajstić information content (AvgIpc) is 2.81. The summed E-state index contributed by atoms with van der Waals surface area (Å²) in [6.07, 6.45) is 2.39. The molecule has 0 spiro atoms. The van der Waals surface area contributed by atoms with E-state index in [1.807, 2.05) is 0 Å². The van der Waals surface area contributed by atoms with Crippen molar-refractivity contribution in [1.29, 1.82) is 5.26 Å². The Balaban J connectivity index is 1.94. The normalized spacial score (nSPS) is 11.9. The molecule has 0 aliphatic carbocycles. The van der Waals surface area contributed by atoms with Gasteiger partial charge in [0.15, 0.2) is 0 Å². The van der Waals surface area contributed by atoms with E-state index in [1.54, 1.807) is 24.3 Å². The highest BCUT2D eigenvalue weighted by Crippen LogP contribution is 2.33. The van der Waals surface area contributed by atoms with Crippen LogP contribution in [0.15, 0.2) is 81.5 Å². The number of hydrogen-bond donors (Lipinski definition) is 0. The van der Waals surface area contributed by atoms with Crippen LogP contribution in [-0.4, -0.2) is 17.8 Å². The Kier molecular flexibility index (Phi) is 6.64. The molecule has 4 aromatic rings. The van der Waals surface area contributed by atoms with Crippen LogP contribution in [0.2, 0.25) is 15.1 Å². The molecule has 0 radical (unpaired) electrons. The minimum absolute atomic E-state index is 0.131. The summed E-state index contributed by atoms with van der Waals surface area (Å²) in [5.74, 6) is -0.105. The van der Waals surface area contributed by atoms with Crippen molar-refractivity contribution in [1.82, 2.24) is 9.38 Å². The van der Waals surface area contributed by atoms with Gasteiger partial charge in [0.1, 0.15) is 27.9 Å². The molecule has 170 valence electrons. The van der Waals surface area contributed by atoms with Crippen molar-refractivity contribution in [2.75, 3.05) is 0 Å². The van der Waals surface area contributed by atoms with Crippen LogP contribution in [0.1, 0.15) is 5.56 Å². The molecule has 0 fully saturated rings. The van der Waals surface area contributed by atoms with Crippen LogP contribution in [0, 0.1) is 11.3 Å². The number of aromatic nitrogens is 2. The fourth-order valence-corrected chi connectivity index (χ4v) is 4.70. The zero-order chi connectivity index (χ0) is 24.5. The first-order valence-corrected chi connectivity index (χ1v) is 12.1. The number of allylic oxidation sites excluding steroid dienone is 1. The second kappa shape index (κ2) is 9.49. The van der Waals surface area contributed by atoms with E-state index >= 15 is 0 Å². The van der Waals surface area contributed by atoms with E-state index in [-0.39, 0.29) is 32.8 Å². The van der Waals surface area contributed by atoms with Crippen LogP contribution in [0.4, 0.5) is 0 Å². The summed E-state index contributed by atoms with van der Waals surface area (Å²) >= 11 is 18.0. The zero-order valence-corrected chi connectivity index (χ0v) is 20.0. The van der Waals surface area contributed by atoms with Crippen LogP contribution >= 0.6 is 34.8 Å². The first kappa shape index (κ1) is 23.8. The van der Waals surface area contributed by atoms with Gasteiger partial charge in [0, 0.05) is 16.2 Å². The van der Waals surface area contributed by atoms with E-state index in [1.165, 1.54) is 53.1 Å². The van der Waals surface area contributed by atoms with E-state index in [0.717, 1.165) is 6.08 Å². The van der Waals surface area contributed by atoms with Gasteiger partial charge in [-0.2, -0.15) is 10.2 Å². The smallest absolute Gasteiger partial charge is 0.269 e. The molecule has 0 aliphatic rings. The Morgan fingerprint density at radius 2 is 1.74 bits per heavy atom. The van der Waals surface area contributed by atoms with E-state index in [2.05, 4.69) is 4.98 Å². The fraction of sp³-hybridized carbons (Fsp3) is 0. The molecule has 0 saturated carbocycles. The molecular formula is C23H12Cl3N3O4S. The van der Waals surface area contributed by atoms with Gasteiger partial charge < -0.3 is 4.74 Å². The molecule has 0 aliphatic heterocycles. The highest BCUT2D eigenvalue weighted by molar-refractivity contribution is 7.95. The number of nitriles is 1. The molecule has 0 N–H and O–H groups in total. The van der Waals surface area contributed by atoms with Gasteiger partial charge in [0.2, 0.25) is 15.7 Å². The topological polar surface area (TPSA) is 102 Å². The number of ether oxygens (including phenoxy) is 1. The van der Waals surface area contributed by atoms with Gasteiger partial charge >= 0.3 is 0 Å². The molecule has 2 aromatic heterocycles. The molecule has 2 aromatic carbocycles. The van der Waals surface area contributed by atoms with Gasteiger partial charge in [-0.05, 0) is 60.7 Å². The summed E-state index contributed by atoms with van der Waals surface area (Å²) in [5, 5.41) is 10.5. The lowest BCUT2D eigenvalue weighted by Crippen LogP contribution is -2.19. The molecule has 0 saturated heterocycles. The molecule has 0 bridgehead atoms. The Morgan fingerprint density at radius 1 is 1.03 bits per heavy atom. The molecule has 0 atom stereocenters. The van der Waals surface area contributed by atoms with E-state index in [0.29, 0.717) is 10.0 Å². The summed E-state index contributed by atoms with van der Waals surface area (Å²) in [7, 11) is -4.27. The number of pyridine rings is 1. The number of nitrogens with zero attached hydrogens (tertiary/aromatic N) is 3. The van der Waals surface area contributed by atoms with Crippen molar-refractivity contribution < 1.29 is 13.2 Å². The number of fused-ring (bicyclic) bond motifs is 1. The van der Waals surface area contributed by atoms with Crippen molar-refractivity contribution in [3.8, 4) is 17.7 Å². The molecule has 2 heterocycles. The minimum Gasteiger partial charge on any atom is -0.437 e. The van der Waals surface area contributed by atoms with Gasteiger partial charge in [-0.15, -0.1) is 0 Å². The number of sulfone groups is 1. The number of benzene rings is 2. The quantitative estimate of drug-likeness (QED) is 0.302. The van der Waals surface area contributed by atoms with E-state index in [9.17, 15) is 18.5 Å². The summed E-state index contributed by atoms with van der Waals surface area (Å²) in [4.78, 5) is 16.7. The Hall–Kier alpha value is -3.35. The Labute approximate surface area is 209 Å². The van der Waals surface area contributed by atoms with Gasteiger partial charge in [-0.3, -0.25) is 9.20 Å². The largest absolute Gasteiger partial charge is 0.437 e. The second-order valence-electron chi connectivity index (χ2n) is 6.82. The number of rotatable bonds is 5. The summed E-state index contributed by atoms with van der Waals surface area (Å²) < 4.78 is 33.1. The highest BCUT2D eigenvalue weighted by atomic mass is 35.5. The maximum Gasteiger partial charge on any atom is 0.269 e. The third-order valence-corrected chi connectivity index (χ3v) is 7.10. The van der Waals surface area contributed by atoms with Crippen molar-refractivity contribution >= 4 is 56.4 Å². The third kappa shape index (κ3) is 4.65. The standard InChI is InChI=1S/C23H12Cl3N3O4S/c24-14-4-7-16(8-5-14)34(31,32)17(13-27)12-18-22(33-20-9-6-15(25)11-19(20)26)28-21-3-1-2-10-29(21)23(18)30/h1-12H/b17-12+. The van der Waals surface area contributed by atoms with Gasteiger partial charge in [0.05, 0.1) is 9.92 Å². The molecule has 4 rings (SSSR count). The van der Waals surface area contributed by atoms with Gasteiger partial charge in [-0.25, -0.2) is 8.42 Å². The first-order valence-electron chi connectivity index (χ1n) is 9.47. The van der Waals surface area contributed by atoms with Crippen LogP contribution in [0.25, 0.3) is 11.7 Å². The number of hydrogen-bond acceptors (Lipinski definition) is 6. The minimum atomic E-state index is -4.27. The third-order valence-electron chi connectivity index (χ3n) is 4.63. The SMILES string of the molecule is N#C/C(=C\c1c(Oc2ccc(Cl)cc2Cl)nc2ccccn2c1=O)S(=O)(=O)c1ccc(Cl)cc1. The van der Waals surface area contributed by atoms with Gasteiger partial charge in [-0.1, -0.05) is 40.9 Å². The molecule has 0 amide bonds. The van der Waals surface area contributed by atoms with Crippen molar-refractivity contribution in [2.24, 2.45) is 0 Å². The highest BCUT2D eigenvalue weighted by Gasteiger charge is 2.24. The number of halogens is 3. The lowest BCUT2D eigenvalue weighted by Gasteiger charge is -2.11. The van der Waals surface area contributed by atoms with E-state index < -0.39 is 20.3 Å². The van der Waals surface area contributed by atoms with Crippen molar-refractivity contribution in [2.45, 2.75) is 4.90 Å². The van der Waals surface area contributed by atoms with Crippen LogP contribution < -0.4 is 10.3 Å². The zero-order valence-electron chi connectivity index (χ0n) is 16.9. The fourth-order valence-electron chi connectivity index (χ4n) is 2.99. The Bertz CT molecular complexity index is 1660. The lowest BCUT2D eigenvalue weighted by molar-refractivity contribution is 0.461. The van der Waals surface area contributed by atoms with Crippen molar-refractivity contribution in [3.05, 3.63) is 103 Å². The van der Waals surface area contributed by atoms with Crippen LogP contribution in [0.3, 0.4) is 0 Å². The van der Waals surface area contributed by atoms with E-state index in [4.69, 9.17) is 39.5 Å². The maximum absolute atomic E-state index is 13.3. The second-order valence-corrected chi connectivity index (χ2v) is 10.0. The molecule has 0 unspecified atom stereocenters. The lowest BCUT2D eigenvalue weighted by atomic mass is 10.2. The first-order chi connectivity index (χ1) is 16.2. The monoisotopic (exact) mass is 531 g/mol. The predicted molar refractivity (Wildman–Crippen MR) is 130 cm³/mol. The predicted octanol–water partition coefficient (Wildman–Crippen LogP) is 5.79. The average molecular weight is 533 g/mol. The molecule has 7 nitrogen and oxygen atoms in total. The van der Waals surface area contributed by atoms with Gasteiger partial charge in [0.25, 0.3) is 5.56 Å². The molecule has 11 heteroatoms. The van der Waals surface area contributed by atoms with Crippen molar-refractivity contribution in [3.63, 3.8) is 0 Å². The molecular weight excluding hydrogens is 521 g/mol. The summed E-state index contributed by atoms with van der Waals surface area (Å²) in [6.45, 7) is 0. The van der Waals surface area contributed by atoms with Crippen LogP contribution in [0.5, 0.6) is 11.6 Å².